The summed E-state index contributed by atoms with van der Waals surface area (Å²) in [6.07, 6.45) is 0.272. The van der Waals surface area contributed by atoms with Gasteiger partial charge in [-0.1, -0.05) is 30.3 Å². The number of hydrogen-bond donors (Lipinski definition) is 0. The fraction of sp³-hybridized carbons (Fsp3) is 0.526. The molecule has 0 saturated carbocycles. The highest BCUT2D eigenvalue weighted by Crippen LogP contribution is 2.40. The minimum atomic E-state index is -1.23. The van der Waals surface area contributed by atoms with E-state index in [2.05, 4.69) is 4.90 Å². The third-order valence-electron chi connectivity index (χ3n) is 9.95. The number of imidazole rings is 1. The maximum Gasteiger partial charge on any atom is 0.303 e. The first-order valence-corrected chi connectivity index (χ1v) is 17.3. The van der Waals surface area contributed by atoms with Gasteiger partial charge in [-0.2, -0.15) is 0 Å². The van der Waals surface area contributed by atoms with E-state index in [0.29, 0.717) is 44.8 Å². The molecule has 4 atom stereocenters. The molecule has 0 radical (unpaired) electrons. The second-order valence-corrected chi connectivity index (χ2v) is 14.6. The summed E-state index contributed by atoms with van der Waals surface area (Å²) in [7, 11) is 0. The molecule has 2 fully saturated rings. The van der Waals surface area contributed by atoms with Crippen LogP contribution in [-0.2, 0) is 25.7 Å². The Morgan fingerprint density at radius 2 is 1.70 bits per heavy atom. The van der Waals surface area contributed by atoms with E-state index in [0.717, 1.165) is 23.8 Å². The van der Waals surface area contributed by atoms with E-state index in [-0.39, 0.29) is 41.7 Å². The van der Waals surface area contributed by atoms with Crippen LogP contribution in [0.4, 0.5) is 13.2 Å². The summed E-state index contributed by atoms with van der Waals surface area (Å²) in [6.45, 7) is 12.1. The first kappa shape index (κ1) is 37.1. The Labute approximate surface area is 292 Å². The molecular formula is C38H48F3N5O4. The van der Waals surface area contributed by atoms with E-state index in [1.54, 1.807) is 16.0 Å². The van der Waals surface area contributed by atoms with Crippen LogP contribution in [-0.4, -0.2) is 92.6 Å². The van der Waals surface area contributed by atoms with Crippen molar-refractivity contribution in [2.24, 2.45) is 11.8 Å². The van der Waals surface area contributed by atoms with Crippen LogP contribution in [0.2, 0.25) is 0 Å². The molecule has 2 amide bonds. The first-order valence-electron chi connectivity index (χ1n) is 17.3. The lowest BCUT2D eigenvalue weighted by molar-refractivity contribution is -0.160. The molecule has 9 nitrogen and oxygen atoms in total. The van der Waals surface area contributed by atoms with Gasteiger partial charge in [0.25, 0.3) is 5.91 Å². The number of piperidine rings is 1. The molecule has 2 aliphatic rings. The number of likely N-dealkylation sites (tertiary alicyclic amines) is 2. The Bertz CT molecular complexity index is 1670. The molecule has 0 bridgehead atoms. The number of aromatic nitrogens is 2. The van der Waals surface area contributed by atoms with Crippen molar-refractivity contribution in [3.05, 3.63) is 77.8 Å². The largest absolute Gasteiger partial charge is 0.453 e. The number of carbonyl (C=O) groups is 3. The highest BCUT2D eigenvalue weighted by atomic mass is 19.1. The van der Waals surface area contributed by atoms with Crippen LogP contribution in [0.25, 0.3) is 11.3 Å². The van der Waals surface area contributed by atoms with Gasteiger partial charge < -0.3 is 19.1 Å². The fourth-order valence-electron chi connectivity index (χ4n) is 7.21. The smallest absolute Gasteiger partial charge is 0.303 e. The number of alkyl halides is 1. The highest BCUT2D eigenvalue weighted by molar-refractivity contribution is 5.83. The average Bonchev–Trinajstić information content (AvgIpc) is 3.65. The minimum absolute atomic E-state index is 0.0115. The van der Waals surface area contributed by atoms with E-state index in [4.69, 9.17) is 9.72 Å². The maximum atomic E-state index is 15.9. The highest BCUT2D eigenvalue weighted by Gasteiger charge is 2.45. The standard InChI is InChI=1S/C38H48F3N5O4/c1-24(50-26(3)48)37(49)46(21-29-20-45(22-33(29)41)38(4,5)6)35(28-14-16-43(17-15-28)25(2)47)36-42-34(31-18-30(39)12-13-32(31)40)23-44(36)19-27-10-8-7-9-11-27/h7-13,18,23-24,28-29,33,35H,14-17,19-22H2,1-6H3/t24?,29-,33+,35-/m1/s1. The first-order chi connectivity index (χ1) is 23.6. The number of ether oxygens (including phenoxy) is 1. The number of benzene rings is 2. The molecule has 3 aromatic rings. The number of hydrogen-bond acceptors (Lipinski definition) is 6. The van der Waals surface area contributed by atoms with Crippen LogP contribution in [0, 0.1) is 23.5 Å². The van der Waals surface area contributed by atoms with Gasteiger partial charge in [0.15, 0.2) is 6.10 Å². The van der Waals surface area contributed by atoms with Gasteiger partial charge in [-0.15, -0.1) is 0 Å². The van der Waals surface area contributed by atoms with Gasteiger partial charge in [-0.25, -0.2) is 18.2 Å². The van der Waals surface area contributed by atoms with Crippen LogP contribution in [0.1, 0.15) is 71.8 Å². The average molecular weight is 696 g/mol. The van der Waals surface area contributed by atoms with Crippen molar-refractivity contribution in [2.75, 3.05) is 32.7 Å². The monoisotopic (exact) mass is 695 g/mol. The van der Waals surface area contributed by atoms with Gasteiger partial charge in [0.2, 0.25) is 5.91 Å². The van der Waals surface area contributed by atoms with Gasteiger partial charge in [0.05, 0.1) is 11.7 Å². The molecule has 1 aromatic heterocycles. The Morgan fingerprint density at radius 1 is 1.02 bits per heavy atom. The lowest BCUT2D eigenvalue weighted by atomic mass is 9.86. The number of esters is 1. The number of amides is 2. The molecule has 2 aliphatic heterocycles. The topological polar surface area (TPSA) is 88.0 Å². The van der Waals surface area contributed by atoms with Crippen molar-refractivity contribution in [3.8, 4) is 11.3 Å². The van der Waals surface area contributed by atoms with Crippen molar-refractivity contribution >= 4 is 17.8 Å². The zero-order valence-corrected chi connectivity index (χ0v) is 29.7. The molecule has 0 aliphatic carbocycles. The lowest BCUT2D eigenvalue weighted by Gasteiger charge is -2.42. The summed E-state index contributed by atoms with van der Waals surface area (Å²) >= 11 is 0. The Kier molecular flexibility index (Phi) is 11.4. The fourth-order valence-corrected chi connectivity index (χ4v) is 7.21. The van der Waals surface area contributed by atoms with Gasteiger partial charge >= 0.3 is 5.97 Å². The second-order valence-electron chi connectivity index (χ2n) is 14.6. The van der Waals surface area contributed by atoms with E-state index >= 15 is 8.78 Å². The number of rotatable bonds is 10. The molecule has 0 spiro atoms. The van der Waals surface area contributed by atoms with E-state index < -0.39 is 47.7 Å². The molecule has 2 saturated heterocycles. The molecule has 5 rings (SSSR count). The van der Waals surface area contributed by atoms with Gasteiger partial charge in [-0.3, -0.25) is 19.3 Å². The lowest BCUT2D eigenvalue weighted by Crippen LogP contribution is -2.50. The van der Waals surface area contributed by atoms with Crippen molar-refractivity contribution < 1.29 is 32.3 Å². The zero-order chi connectivity index (χ0) is 36.3. The molecule has 270 valence electrons. The summed E-state index contributed by atoms with van der Waals surface area (Å²) in [4.78, 5) is 49.3. The molecule has 1 unspecified atom stereocenters. The van der Waals surface area contributed by atoms with Gasteiger partial charge in [0.1, 0.15) is 23.6 Å². The molecule has 2 aromatic carbocycles. The molecule has 3 heterocycles. The minimum Gasteiger partial charge on any atom is -0.453 e. The second kappa shape index (κ2) is 15.4. The third-order valence-corrected chi connectivity index (χ3v) is 9.95. The summed E-state index contributed by atoms with van der Waals surface area (Å²) < 4.78 is 52.9. The Morgan fingerprint density at radius 3 is 2.30 bits per heavy atom. The van der Waals surface area contributed by atoms with Crippen molar-refractivity contribution in [3.63, 3.8) is 0 Å². The number of nitrogens with zero attached hydrogens (tertiary/aromatic N) is 5. The summed E-state index contributed by atoms with van der Waals surface area (Å²) in [5, 5.41) is 0. The van der Waals surface area contributed by atoms with Gasteiger partial charge in [0, 0.05) is 76.3 Å². The normalized spacial score (nSPS) is 20.1. The van der Waals surface area contributed by atoms with Crippen molar-refractivity contribution in [1.29, 1.82) is 0 Å². The molecule has 50 heavy (non-hydrogen) atoms. The summed E-state index contributed by atoms with van der Waals surface area (Å²) in [5.41, 5.74) is 0.764. The summed E-state index contributed by atoms with van der Waals surface area (Å²) in [6, 6.07) is 12.0. The van der Waals surface area contributed by atoms with Crippen LogP contribution >= 0.6 is 0 Å². The van der Waals surface area contributed by atoms with Crippen LogP contribution in [0.5, 0.6) is 0 Å². The van der Waals surface area contributed by atoms with E-state index in [9.17, 15) is 18.8 Å². The van der Waals surface area contributed by atoms with E-state index in [1.807, 2.05) is 55.7 Å². The van der Waals surface area contributed by atoms with Crippen LogP contribution in [0.3, 0.4) is 0 Å². The number of carbonyl (C=O) groups excluding carboxylic acids is 3. The van der Waals surface area contributed by atoms with E-state index in [1.165, 1.54) is 20.8 Å². The maximum absolute atomic E-state index is 15.9. The zero-order valence-electron chi connectivity index (χ0n) is 29.7. The van der Waals surface area contributed by atoms with Crippen LogP contribution in [0.15, 0.2) is 54.7 Å². The van der Waals surface area contributed by atoms with Crippen LogP contribution < -0.4 is 0 Å². The predicted molar refractivity (Wildman–Crippen MR) is 183 cm³/mol. The quantitative estimate of drug-likeness (QED) is 0.241. The Hall–Kier alpha value is -4.19. The third kappa shape index (κ3) is 8.57. The van der Waals surface area contributed by atoms with Gasteiger partial charge in [-0.05, 0) is 70.2 Å². The van der Waals surface area contributed by atoms with Crippen molar-refractivity contribution in [1.82, 2.24) is 24.3 Å². The predicted octanol–water partition coefficient (Wildman–Crippen LogP) is 6.02. The molecule has 0 N–H and O–H groups in total. The SMILES string of the molecule is CC(=O)OC(C)C(=O)N(C[C@H]1CN(C(C)(C)C)C[C@@H]1F)[C@@H](c1nc(-c2cc(F)ccc2F)cn1Cc1ccccc1)C1CCN(C(C)=O)CC1. The summed E-state index contributed by atoms with van der Waals surface area (Å²) in [5.74, 6) is -2.86. The van der Waals surface area contributed by atoms with Crippen molar-refractivity contribution in [2.45, 2.75) is 84.8 Å². The molecule has 12 heteroatoms. The molecular weight excluding hydrogens is 647 g/mol. The Balaban J connectivity index is 1.67. The number of halogens is 3.